The van der Waals surface area contributed by atoms with Crippen LogP contribution in [0.2, 0.25) is 0 Å². The number of nitrogens with two attached hydrogens (primary N) is 1. The van der Waals surface area contributed by atoms with E-state index in [1.165, 1.54) is 19.3 Å². The van der Waals surface area contributed by atoms with E-state index in [2.05, 4.69) is 30.9 Å². The zero-order chi connectivity index (χ0) is 15.3. The Morgan fingerprint density at radius 3 is 2.48 bits per heavy atom. The second-order valence-electron chi connectivity index (χ2n) is 6.45. The number of likely N-dealkylation sites (N-methyl/N-ethyl adjacent to an activating group) is 2. The molecule has 1 saturated carbocycles. The van der Waals surface area contributed by atoms with Crippen LogP contribution in [-0.2, 0) is 0 Å². The van der Waals surface area contributed by atoms with Crippen molar-refractivity contribution in [1.29, 1.82) is 0 Å². The lowest BCUT2D eigenvalue weighted by Gasteiger charge is -2.49. The first-order valence-electron chi connectivity index (χ1n) is 7.87. The molecular weight excluding hydrogens is 262 g/mol. The molecule has 0 unspecified atom stereocenters. The van der Waals surface area contributed by atoms with Gasteiger partial charge in [-0.1, -0.05) is 12.1 Å². The van der Waals surface area contributed by atoms with Crippen LogP contribution in [0.3, 0.4) is 0 Å². The third-order valence-corrected chi connectivity index (χ3v) is 4.66. The maximum Gasteiger partial charge on any atom is 0.142 e. The molecule has 4 nitrogen and oxygen atoms in total. The van der Waals surface area contributed by atoms with E-state index in [0.29, 0.717) is 17.8 Å². The van der Waals surface area contributed by atoms with Crippen LogP contribution in [0.5, 0.6) is 5.75 Å². The lowest BCUT2D eigenvalue weighted by atomic mass is 9.75. The summed E-state index contributed by atoms with van der Waals surface area (Å²) in [5, 5.41) is 0. The molecule has 0 heterocycles. The Hall–Kier alpha value is -1.26. The maximum atomic E-state index is 5.86. The van der Waals surface area contributed by atoms with Crippen molar-refractivity contribution in [2.24, 2.45) is 0 Å². The highest BCUT2D eigenvalue weighted by Gasteiger charge is 2.39. The first-order valence-corrected chi connectivity index (χ1v) is 7.87. The third kappa shape index (κ3) is 4.11. The summed E-state index contributed by atoms with van der Waals surface area (Å²) >= 11 is 0. The summed E-state index contributed by atoms with van der Waals surface area (Å²) in [6.45, 7) is 2.92. The van der Waals surface area contributed by atoms with Gasteiger partial charge in [0.15, 0.2) is 0 Å². The first kappa shape index (κ1) is 16.1. The summed E-state index contributed by atoms with van der Waals surface area (Å²) in [5.74, 6) is 0.795. The minimum absolute atomic E-state index is 0.402. The summed E-state index contributed by atoms with van der Waals surface area (Å²) in [7, 11) is 6.61. The van der Waals surface area contributed by atoms with Gasteiger partial charge in [-0.3, -0.25) is 0 Å². The Bertz CT molecular complexity index is 443. The van der Waals surface area contributed by atoms with E-state index in [0.717, 1.165) is 25.3 Å². The molecule has 0 saturated heterocycles. The number of benzene rings is 1. The topological polar surface area (TPSA) is 41.7 Å². The van der Waals surface area contributed by atoms with Gasteiger partial charge in [-0.05, 0) is 59.0 Å². The van der Waals surface area contributed by atoms with Crippen molar-refractivity contribution >= 4 is 5.69 Å². The van der Waals surface area contributed by atoms with Gasteiger partial charge in [0, 0.05) is 18.6 Å². The number of nitrogen functional groups attached to an aromatic ring is 1. The van der Waals surface area contributed by atoms with Crippen molar-refractivity contribution in [3.8, 4) is 5.75 Å². The molecule has 1 aliphatic carbocycles. The van der Waals surface area contributed by atoms with E-state index in [1.807, 2.05) is 24.3 Å². The molecule has 2 N–H and O–H groups in total. The fourth-order valence-corrected chi connectivity index (χ4v) is 3.04. The lowest BCUT2D eigenvalue weighted by molar-refractivity contribution is 0.0268. The average molecular weight is 291 g/mol. The molecule has 0 radical (unpaired) electrons. The van der Waals surface area contributed by atoms with Crippen LogP contribution in [-0.4, -0.2) is 56.2 Å². The number of anilines is 1. The van der Waals surface area contributed by atoms with Crippen LogP contribution in [0, 0.1) is 0 Å². The Morgan fingerprint density at radius 1 is 1.19 bits per heavy atom. The molecule has 0 aliphatic heterocycles. The first-order chi connectivity index (χ1) is 10.0. The van der Waals surface area contributed by atoms with Crippen molar-refractivity contribution in [1.82, 2.24) is 9.80 Å². The van der Waals surface area contributed by atoms with Gasteiger partial charge >= 0.3 is 0 Å². The van der Waals surface area contributed by atoms with Crippen LogP contribution >= 0.6 is 0 Å². The molecule has 0 amide bonds. The number of hydrogen-bond acceptors (Lipinski definition) is 4. The summed E-state index contributed by atoms with van der Waals surface area (Å²) in [6, 6.07) is 7.68. The molecule has 1 aromatic rings. The molecular formula is C17H29N3O. The lowest BCUT2D eigenvalue weighted by Crippen LogP contribution is -2.56. The molecule has 2 rings (SSSR count). The van der Waals surface area contributed by atoms with Gasteiger partial charge in [0.1, 0.15) is 5.75 Å². The summed E-state index contributed by atoms with van der Waals surface area (Å²) in [4.78, 5) is 4.82. The van der Waals surface area contributed by atoms with Gasteiger partial charge in [0.2, 0.25) is 0 Å². The summed E-state index contributed by atoms with van der Waals surface area (Å²) in [5.41, 5.74) is 6.98. The highest BCUT2D eigenvalue weighted by molar-refractivity contribution is 5.51. The second-order valence-corrected chi connectivity index (χ2v) is 6.45. The van der Waals surface area contributed by atoms with Gasteiger partial charge < -0.3 is 20.3 Å². The van der Waals surface area contributed by atoms with E-state index in [1.54, 1.807) is 0 Å². The Kier molecular flexibility index (Phi) is 5.48. The van der Waals surface area contributed by atoms with Crippen molar-refractivity contribution in [2.45, 2.75) is 31.2 Å². The minimum Gasteiger partial charge on any atom is -0.491 e. The van der Waals surface area contributed by atoms with Crippen LogP contribution < -0.4 is 10.5 Å². The minimum atomic E-state index is 0.402. The standard InChI is InChI=1S/C17H29N3O/c1-19(2)17(10-6-11-17)14-20(3)12-7-13-21-16-9-5-4-8-15(16)18/h4-5,8-9H,6-7,10-14,18H2,1-3H3. The maximum absolute atomic E-state index is 5.86. The van der Waals surface area contributed by atoms with Crippen molar-refractivity contribution < 1.29 is 4.74 Å². The largest absolute Gasteiger partial charge is 0.491 e. The number of nitrogens with zero attached hydrogens (tertiary/aromatic N) is 2. The van der Waals surface area contributed by atoms with Gasteiger partial charge in [-0.15, -0.1) is 0 Å². The molecule has 118 valence electrons. The SMILES string of the molecule is CN(CCCOc1ccccc1N)CC1(N(C)C)CCC1. The van der Waals surface area contributed by atoms with E-state index < -0.39 is 0 Å². The Morgan fingerprint density at radius 2 is 1.90 bits per heavy atom. The van der Waals surface area contributed by atoms with Crippen molar-refractivity contribution in [3.05, 3.63) is 24.3 Å². The van der Waals surface area contributed by atoms with E-state index >= 15 is 0 Å². The molecule has 1 aliphatic rings. The predicted octanol–water partition coefficient (Wildman–Crippen LogP) is 2.45. The van der Waals surface area contributed by atoms with Gasteiger partial charge in [-0.2, -0.15) is 0 Å². The number of rotatable bonds is 8. The molecule has 4 heteroatoms. The van der Waals surface area contributed by atoms with Gasteiger partial charge in [0.25, 0.3) is 0 Å². The fourth-order valence-electron chi connectivity index (χ4n) is 3.04. The van der Waals surface area contributed by atoms with Gasteiger partial charge in [0.05, 0.1) is 12.3 Å². The average Bonchev–Trinajstić information content (AvgIpc) is 2.40. The van der Waals surface area contributed by atoms with Crippen LogP contribution in [0.1, 0.15) is 25.7 Å². The normalized spacial score (nSPS) is 17.0. The van der Waals surface area contributed by atoms with E-state index in [4.69, 9.17) is 10.5 Å². The van der Waals surface area contributed by atoms with E-state index in [-0.39, 0.29) is 0 Å². The molecule has 0 bridgehead atoms. The van der Waals surface area contributed by atoms with Crippen LogP contribution in [0.15, 0.2) is 24.3 Å². The number of para-hydroxylation sites is 2. The van der Waals surface area contributed by atoms with Crippen LogP contribution in [0.4, 0.5) is 5.69 Å². The smallest absolute Gasteiger partial charge is 0.142 e. The molecule has 0 aromatic heterocycles. The Labute approximate surface area is 128 Å². The Balaban J connectivity index is 1.68. The van der Waals surface area contributed by atoms with Gasteiger partial charge in [-0.25, -0.2) is 0 Å². The second kappa shape index (κ2) is 7.14. The zero-order valence-electron chi connectivity index (χ0n) is 13.6. The monoisotopic (exact) mass is 291 g/mol. The fraction of sp³-hybridized carbons (Fsp3) is 0.647. The van der Waals surface area contributed by atoms with Crippen LogP contribution in [0.25, 0.3) is 0 Å². The number of ether oxygens (including phenoxy) is 1. The molecule has 21 heavy (non-hydrogen) atoms. The number of hydrogen-bond donors (Lipinski definition) is 1. The van der Waals surface area contributed by atoms with Crippen molar-refractivity contribution in [3.63, 3.8) is 0 Å². The molecule has 0 spiro atoms. The zero-order valence-corrected chi connectivity index (χ0v) is 13.6. The highest BCUT2D eigenvalue weighted by Crippen LogP contribution is 2.36. The highest BCUT2D eigenvalue weighted by atomic mass is 16.5. The molecule has 1 aromatic carbocycles. The molecule has 1 fully saturated rings. The summed E-state index contributed by atoms with van der Waals surface area (Å²) in [6.07, 6.45) is 5.03. The van der Waals surface area contributed by atoms with E-state index in [9.17, 15) is 0 Å². The quantitative estimate of drug-likeness (QED) is 0.590. The third-order valence-electron chi connectivity index (χ3n) is 4.66. The van der Waals surface area contributed by atoms with Crippen molar-refractivity contribution in [2.75, 3.05) is 46.6 Å². The summed E-state index contributed by atoms with van der Waals surface area (Å²) < 4.78 is 5.74. The molecule has 0 atom stereocenters. The predicted molar refractivity (Wildman–Crippen MR) is 88.7 cm³/mol.